The lowest BCUT2D eigenvalue weighted by Crippen LogP contribution is -2.49. The average Bonchev–Trinajstić information content (AvgIpc) is 3.28. The zero-order valence-electron chi connectivity index (χ0n) is 15.5. The molecule has 1 fully saturated rings. The Balaban J connectivity index is 1.65. The number of aromatic nitrogens is 4. The lowest BCUT2D eigenvalue weighted by molar-refractivity contribution is -0.130. The van der Waals surface area contributed by atoms with Crippen LogP contribution < -0.4 is 10.1 Å². The van der Waals surface area contributed by atoms with Gasteiger partial charge in [-0.3, -0.25) is 4.79 Å². The molecule has 1 aliphatic heterocycles. The van der Waals surface area contributed by atoms with Crippen LogP contribution >= 0.6 is 23.1 Å². The molecule has 2 atom stereocenters. The second-order valence-corrected chi connectivity index (χ2v) is 7.83. The van der Waals surface area contributed by atoms with Crippen LogP contribution in [-0.4, -0.2) is 55.5 Å². The van der Waals surface area contributed by atoms with Crippen molar-refractivity contribution in [3.05, 3.63) is 35.6 Å². The predicted octanol–water partition coefficient (Wildman–Crippen LogP) is 3.62. The lowest BCUT2D eigenvalue weighted by Gasteiger charge is -2.34. The standard InChI is InChI=1S/C18H18ClFN6O2S/c1-3-14(27)26-5-4-11(20)12(8-26)28-17-15-10(19)7-21-16(15)23-18(24-17)22-13-6-9(2)25-29-13/h3,6-7,11-12H,1,4-5,8H2,2H3,(H2,21,22,23,24). The number of aryl methyl sites for hydroxylation is 1. The first-order valence-electron chi connectivity index (χ1n) is 8.91. The monoisotopic (exact) mass is 436 g/mol. The van der Waals surface area contributed by atoms with Gasteiger partial charge in [-0.05, 0) is 37.0 Å². The Hall–Kier alpha value is -2.72. The first-order valence-corrected chi connectivity index (χ1v) is 10.1. The second kappa shape index (κ2) is 7.96. The third-order valence-corrected chi connectivity index (χ3v) is 5.64. The zero-order chi connectivity index (χ0) is 20.5. The SMILES string of the molecule is C=CC(=O)N1CCC(F)C(Oc2nc(Nc3cc(C)ns3)nc3[nH]cc(Cl)c23)C1. The number of rotatable bonds is 5. The molecule has 0 saturated carbocycles. The first-order chi connectivity index (χ1) is 13.9. The van der Waals surface area contributed by atoms with E-state index in [4.69, 9.17) is 16.3 Å². The molecule has 3 aromatic heterocycles. The van der Waals surface area contributed by atoms with E-state index in [0.29, 0.717) is 22.6 Å². The molecule has 0 spiro atoms. The van der Waals surface area contributed by atoms with E-state index in [1.165, 1.54) is 22.5 Å². The number of likely N-dealkylation sites (tertiary alicyclic amines) is 1. The van der Waals surface area contributed by atoms with Crippen LogP contribution in [0.2, 0.25) is 5.02 Å². The van der Waals surface area contributed by atoms with Crippen molar-refractivity contribution in [2.24, 2.45) is 0 Å². The fraction of sp³-hybridized carbons (Fsp3) is 0.333. The van der Waals surface area contributed by atoms with E-state index in [-0.39, 0.29) is 30.7 Å². The Morgan fingerprint density at radius 1 is 1.55 bits per heavy atom. The summed E-state index contributed by atoms with van der Waals surface area (Å²) in [6.45, 7) is 5.77. The summed E-state index contributed by atoms with van der Waals surface area (Å²) in [4.78, 5) is 25.2. The Labute approximate surface area is 174 Å². The number of hydrogen-bond acceptors (Lipinski definition) is 7. The minimum atomic E-state index is -1.24. The van der Waals surface area contributed by atoms with Crippen LogP contribution in [0.25, 0.3) is 11.0 Å². The summed E-state index contributed by atoms with van der Waals surface area (Å²) in [5.41, 5.74) is 1.32. The largest absolute Gasteiger partial charge is 0.469 e. The average molecular weight is 437 g/mol. The molecule has 2 unspecified atom stereocenters. The zero-order valence-corrected chi connectivity index (χ0v) is 17.1. The summed E-state index contributed by atoms with van der Waals surface area (Å²) < 4.78 is 24.7. The minimum Gasteiger partial charge on any atom is -0.469 e. The van der Waals surface area contributed by atoms with Crippen LogP contribution in [0.1, 0.15) is 12.1 Å². The van der Waals surface area contributed by atoms with Crippen LogP contribution in [0.3, 0.4) is 0 Å². The molecule has 0 aliphatic carbocycles. The van der Waals surface area contributed by atoms with Gasteiger partial charge in [0.15, 0.2) is 0 Å². The van der Waals surface area contributed by atoms with Crippen molar-refractivity contribution in [1.29, 1.82) is 0 Å². The van der Waals surface area contributed by atoms with Gasteiger partial charge in [0.1, 0.15) is 22.9 Å². The molecule has 0 radical (unpaired) electrons. The van der Waals surface area contributed by atoms with E-state index >= 15 is 0 Å². The molecule has 4 rings (SSSR count). The van der Waals surface area contributed by atoms with Crippen molar-refractivity contribution < 1.29 is 13.9 Å². The third-order valence-electron chi connectivity index (χ3n) is 4.54. The number of alkyl halides is 1. The van der Waals surface area contributed by atoms with Gasteiger partial charge in [-0.25, -0.2) is 4.39 Å². The van der Waals surface area contributed by atoms with Crippen molar-refractivity contribution in [3.63, 3.8) is 0 Å². The quantitative estimate of drug-likeness (QED) is 0.593. The molecule has 8 nitrogen and oxygen atoms in total. The Morgan fingerprint density at radius 3 is 3.10 bits per heavy atom. The molecular formula is C18H18ClFN6O2S. The van der Waals surface area contributed by atoms with Crippen molar-refractivity contribution in [3.8, 4) is 5.88 Å². The molecule has 2 N–H and O–H groups in total. The van der Waals surface area contributed by atoms with Gasteiger partial charge < -0.3 is 19.9 Å². The summed E-state index contributed by atoms with van der Waals surface area (Å²) in [5, 5.41) is 4.65. The number of fused-ring (bicyclic) bond motifs is 1. The van der Waals surface area contributed by atoms with E-state index in [1.807, 2.05) is 13.0 Å². The number of aromatic amines is 1. The van der Waals surface area contributed by atoms with Gasteiger partial charge in [-0.15, -0.1) is 0 Å². The van der Waals surface area contributed by atoms with Crippen molar-refractivity contribution in [2.75, 3.05) is 18.4 Å². The number of ether oxygens (including phenoxy) is 1. The Bertz CT molecular complexity index is 1070. The number of halogens is 2. The molecule has 29 heavy (non-hydrogen) atoms. The number of carbonyl (C=O) groups is 1. The van der Waals surface area contributed by atoms with Gasteiger partial charge in [-0.2, -0.15) is 14.3 Å². The van der Waals surface area contributed by atoms with E-state index in [2.05, 4.69) is 31.2 Å². The number of amides is 1. The molecule has 1 aliphatic rings. The smallest absolute Gasteiger partial charge is 0.246 e. The fourth-order valence-electron chi connectivity index (χ4n) is 3.11. The van der Waals surface area contributed by atoms with Gasteiger partial charge in [0, 0.05) is 12.7 Å². The Morgan fingerprint density at radius 2 is 2.38 bits per heavy atom. The fourth-order valence-corrected chi connectivity index (χ4v) is 3.99. The summed E-state index contributed by atoms with van der Waals surface area (Å²) in [7, 11) is 0. The van der Waals surface area contributed by atoms with E-state index in [1.54, 1.807) is 6.20 Å². The number of nitrogens with zero attached hydrogens (tertiary/aromatic N) is 4. The maximum Gasteiger partial charge on any atom is 0.246 e. The summed E-state index contributed by atoms with van der Waals surface area (Å²) in [5.74, 6) is 0.145. The highest BCUT2D eigenvalue weighted by Gasteiger charge is 2.33. The molecule has 0 aromatic carbocycles. The first kappa shape index (κ1) is 19.6. The topological polar surface area (TPSA) is 96.0 Å². The number of nitrogens with one attached hydrogen (secondary N) is 2. The van der Waals surface area contributed by atoms with Gasteiger partial charge in [0.2, 0.25) is 17.7 Å². The molecule has 152 valence electrons. The van der Waals surface area contributed by atoms with Crippen LogP contribution in [0, 0.1) is 6.92 Å². The highest BCUT2D eigenvalue weighted by Crippen LogP contribution is 2.33. The maximum absolute atomic E-state index is 14.6. The number of anilines is 2. The highest BCUT2D eigenvalue weighted by atomic mass is 35.5. The van der Waals surface area contributed by atoms with Crippen LogP contribution in [-0.2, 0) is 4.79 Å². The lowest BCUT2D eigenvalue weighted by atomic mass is 10.1. The minimum absolute atomic E-state index is 0.0936. The molecule has 11 heteroatoms. The molecule has 0 bridgehead atoms. The summed E-state index contributed by atoms with van der Waals surface area (Å²) in [6, 6.07) is 1.86. The summed E-state index contributed by atoms with van der Waals surface area (Å²) >= 11 is 7.53. The maximum atomic E-state index is 14.6. The Kier molecular flexibility index (Phi) is 5.37. The number of carbonyl (C=O) groups excluding carboxylic acids is 1. The van der Waals surface area contributed by atoms with Gasteiger partial charge >= 0.3 is 0 Å². The van der Waals surface area contributed by atoms with Crippen molar-refractivity contribution in [2.45, 2.75) is 25.6 Å². The molecule has 1 amide bonds. The summed E-state index contributed by atoms with van der Waals surface area (Å²) in [6.07, 6.45) is 0.823. The van der Waals surface area contributed by atoms with Crippen LogP contribution in [0.4, 0.5) is 15.3 Å². The highest BCUT2D eigenvalue weighted by molar-refractivity contribution is 7.10. The van der Waals surface area contributed by atoms with E-state index in [9.17, 15) is 9.18 Å². The van der Waals surface area contributed by atoms with Crippen molar-refractivity contribution >= 4 is 51.0 Å². The number of H-pyrrole nitrogens is 1. The third kappa shape index (κ3) is 4.03. The molecular weight excluding hydrogens is 419 g/mol. The number of piperidine rings is 1. The van der Waals surface area contributed by atoms with E-state index < -0.39 is 12.3 Å². The van der Waals surface area contributed by atoms with Crippen molar-refractivity contribution in [1.82, 2.24) is 24.2 Å². The molecule has 1 saturated heterocycles. The van der Waals surface area contributed by atoms with Crippen LogP contribution in [0.5, 0.6) is 5.88 Å². The van der Waals surface area contributed by atoms with Gasteiger partial charge in [0.05, 0.1) is 22.6 Å². The number of hydrogen-bond donors (Lipinski definition) is 2. The van der Waals surface area contributed by atoms with Gasteiger partial charge in [0.25, 0.3) is 0 Å². The normalized spacial score (nSPS) is 19.3. The van der Waals surface area contributed by atoms with Gasteiger partial charge in [-0.1, -0.05) is 18.2 Å². The van der Waals surface area contributed by atoms with E-state index in [0.717, 1.165) is 10.7 Å². The molecule has 4 heterocycles. The molecule has 3 aromatic rings. The second-order valence-electron chi connectivity index (χ2n) is 6.62. The van der Waals surface area contributed by atoms with Crippen LogP contribution in [0.15, 0.2) is 24.9 Å². The predicted molar refractivity (Wildman–Crippen MR) is 110 cm³/mol.